The second-order valence-electron chi connectivity index (χ2n) is 4.15. The monoisotopic (exact) mass is 228 g/mol. The second kappa shape index (κ2) is 10.7. The van der Waals surface area contributed by atoms with Crippen molar-refractivity contribution >= 4 is 5.97 Å². The van der Waals surface area contributed by atoms with Crippen LogP contribution in [0.25, 0.3) is 0 Å². The van der Waals surface area contributed by atoms with E-state index in [1.54, 1.807) is 6.08 Å². The molecule has 0 fully saturated rings. The van der Waals surface area contributed by atoms with E-state index in [9.17, 15) is 9.90 Å². The van der Waals surface area contributed by atoms with Gasteiger partial charge in [0.1, 0.15) is 0 Å². The third-order valence-electron chi connectivity index (χ3n) is 2.64. The smallest absolute Gasteiger partial charge is 0.327 e. The lowest BCUT2D eigenvalue weighted by molar-refractivity contribution is -0.131. The molecule has 0 aromatic carbocycles. The minimum absolute atomic E-state index is 0.126. The number of rotatable bonds is 10. The Morgan fingerprint density at radius 2 is 1.81 bits per heavy atom. The molecule has 0 aliphatic carbocycles. The van der Waals surface area contributed by atoms with Crippen molar-refractivity contribution in [1.82, 2.24) is 0 Å². The number of unbranched alkanes of at least 4 members (excludes halogenated alkanes) is 5. The van der Waals surface area contributed by atoms with Crippen LogP contribution in [0.3, 0.4) is 0 Å². The predicted octanol–water partition coefficient (Wildman–Crippen LogP) is 3.13. The average Bonchev–Trinajstić information content (AvgIpc) is 2.26. The molecule has 16 heavy (non-hydrogen) atoms. The number of aliphatic hydroxyl groups excluding tert-OH is 1. The topological polar surface area (TPSA) is 57.5 Å². The molecule has 0 unspecified atom stereocenters. The van der Waals surface area contributed by atoms with Crippen molar-refractivity contribution in [3.8, 4) is 0 Å². The van der Waals surface area contributed by atoms with Gasteiger partial charge in [-0.05, 0) is 25.7 Å². The Morgan fingerprint density at radius 3 is 2.44 bits per heavy atom. The van der Waals surface area contributed by atoms with Gasteiger partial charge in [-0.1, -0.05) is 38.7 Å². The van der Waals surface area contributed by atoms with Crippen LogP contribution >= 0.6 is 0 Å². The zero-order valence-electron chi connectivity index (χ0n) is 10.2. The molecule has 0 saturated carbocycles. The molecule has 0 heterocycles. The van der Waals surface area contributed by atoms with Gasteiger partial charge in [-0.3, -0.25) is 0 Å². The van der Waals surface area contributed by atoms with Gasteiger partial charge in [0, 0.05) is 6.08 Å². The van der Waals surface area contributed by atoms with Crippen LogP contribution < -0.4 is 0 Å². The highest BCUT2D eigenvalue weighted by Crippen LogP contribution is 2.10. The van der Waals surface area contributed by atoms with E-state index in [0.717, 1.165) is 38.5 Å². The number of hydrogen-bond acceptors (Lipinski definition) is 2. The SMILES string of the molecule is CC[C@H](O)CCCCCCC/C=C/C(=O)O. The van der Waals surface area contributed by atoms with Gasteiger partial charge < -0.3 is 10.2 Å². The molecule has 0 spiro atoms. The van der Waals surface area contributed by atoms with Gasteiger partial charge in [-0.2, -0.15) is 0 Å². The summed E-state index contributed by atoms with van der Waals surface area (Å²) in [6.07, 6.45) is 11.0. The molecule has 0 rings (SSSR count). The van der Waals surface area contributed by atoms with Gasteiger partial charge >= 0.3 is 5.97 Å². The molecule has 0 radical (unpaired) electrons. The lowest BCUT2D eigenvalue weighted by Gasteiger charge is -2.06. The summed E-state index contributed by atoms with van der Waals surface area (Å²) in [6.45, 7) is 2.00. The summed E-state index contributed by atoms with van der Waals surface area (Å²) >= 11 is 0. The largest absolute Gasteiger partial charge is 0.478 e. The molecule has 1 atom stereocenters. The fourth-order valence-corrected chi connectivity index (χ4v) is 1.56. The molecular weight excluding hydrogens is 204 g/mol. The number of carboxylic acids is 1. The van der Waals surface area contributed by atoms with Gasteiger partial charge in [-0.25, -0.2) is 4.79 Å². The Hall–Kier alpha value is -0.830. The van der Waals surface area contributed by atoms with E-state index in [1.165, 1.54) is 18.9 Å². The third kappa shape index (κ3) is 11.2. The molecule has 3 heteroatoms. The van der Waals surface area contributed by atoms with E-state index in [4.69, 9.17) is 5.11 Å². The highest BCUT2D eigenvalue weighted by Gasteiger charge is 1.99. The van der Waals surface area contributed by atoms with Gasteiger partial charge in [0.25, 0.3) is 0 Å². The van der Waals surface area contributed by atoms with Crippen molar-refractivity contribution < 1.29 is 15.0 Å². The first-order valence-electron chi connectivity index (χ1n) is 6.24. The van der Waals surface area contributed by atoms with Crippen molar-refractivity contribution in [3.05, 3.63) is 12.2 Å². The van der Waals surface area contributed by atoms with E-state index in [-0.39, 0.29) is 6.10 Å². The minimum Gasteiger partial charge on any atom is -0.478 e. The van der Waals surface area contributed by atoms with Crippen LogP contribution in [0, 0.1) is 0 Å². The number of hydrogen-bond donors (Lipinski definition) is 2. The van der Waals surface area contributed by atoms with Gasteiger partial charge in [0.2, 0.25) is 0 Å². The maximum absolute atomic E-state index is 10.2. The fraction of sp³-hybridized carbons (Fsp3) is 0.769. The third-order valence-corrected chi connectivity index (χ3v) is 2.64. The molecule has 0 bridgehead atoms. The summed E-state index contributed by atoms with van der Waals surface area (Å²) in [5.41, 5.74) is 0. The van der Waals surface area contributed by atoms with E-state index in [0.29, 0.717) is 0 Å². The highest BCUT2D eigenvalue weighted by molar-refractivity contribution is 5.79. The van der Waals surface area contributed by atoms with Crippen molar-refractivity contribution in [1.29, 1.82) is 0 Å². The van der Waals surface area contributed by atoms with E-state index in [1.807, 2.05) is 6.92 Å². The maximum atomic E-state index is 10.2. The quantitative estimate of drug-likeness (QED) is 0.446. The van der Waals surface area contributed by atoms with Crippen LogP contribution in [0.1, 0.15) is 58.3 Å². The summed E-state index contributed by atoms with van der Waals surface area (Å²) in [6, 6.07) is 0. The van der Waals surface area contributed by atoms with Crippen molar-refractivity contribution in [2.24, 2.45) is 0 Å². The normalized spacial score (nSPS) is 13.1. The molecule has 2 N–H and O–H groups in total. The Labute approximate surface area is 98.2 Å². The van der Waals surface area contributed by atoms with Crippen LogP contribution in [-0.2, 0) is 4.79 Å². The molecule has 3 nitrogen and oxygen atoms in total. The zero-order valence-corrected chi connectivity index (χ0v) is 10.2. The molecule has 0 aromatic heterocycles. The standard InChI is InChI=1S/C13H24O3/c1-2-12(14)10-8-6-4-3-5-7-9-11-13(15)16/h9,11-12,14H,2-8,10H2,1H3,(H,15,16)/b11-9+/t12-/m0/s1. The van der Waals surface area contributed by atoms with Gasteiger partial charge in [-0.15, -0.1) is 0 Å². The fourth-order valence-electron chi connectivity index (χ4n) is 1.56. The molecule has 0 saturated heterocycles. The van der Waals surface area contributed by atoms with Crippen molar-refractivity contribution in [2.75, 3.05) is 0 Å². The first kappa shape index (κ1) is 15.2. The van der Waals surface area contributed by atoms with Crippen LogP contribution in [0.2, 0.25) is 0 Å². The first-order chi connectivity index (χ1) is 7.66. The maximum Gasteiger partial charge on any atom is 0.327 e. The molecular formula is C13H24O3. The molecule has 0 aliphatic rings. The minimum atomic E-state index is -0.867. The Bertz CT molecular complexity index is 199. The second-order valence-corrected chi connectivity index (χ2v) is 4.15. The number of carbonyl (C=O) groups is 1. The van der Waals surface area contributed by atoms with Crippen molar-refractivity contribution in [3.63, 3.8) is 0 Å². The van der Waals surface area contributed by atoms with Crippen LogP contribution in [0.5, 0.6) is 0 Å². The highest BCUT2D eigenvalue weighted by atomic mass is 16.4. The summed E-state index contributed by atoms with van der Waals surface area (Å²) < 4.78 is 0. The number of carboxylic acid groups (broad SMARTS) is 1. The van der Waals surface area contributed by atoms with Crippen molar-refractivity contribution in [2.45, 2.75) is 64.4 Å². The molecule has 0 amide bonds. The van der Waals surface area contributed by atoms with Gasteiger partial charge in [0.15, 0.2) is 0 Å². The van der Waals surface area contributed by atoms with E-state index < -0.39 is 5.97 Å². The van der Waals surface area contributed by atoms with Crippen LogP contribution in [0.4, 0.5) is 0 Å². The summed E-state index contributed by atoms with van der Waals surface area (Å²) in [5, 5.41) is 17.7. The van der Waals surface area contributed by atoms with Crippen LogP contribution in [-0.4, -0.2) is 22.3 Å². The Balaban J connectivity index is 3.13. The number of allylic oxidation sites excluding steroid dienone is 1. The van der Waals surface area contributed by atoms with Crippen LogP contribution in [0.15, 0.2) is 12.2 Å². The van der Waals surface area contributed by atoms with Gasteiger partial charge in [0.05, 0.1) is 6.10 Å². The lowest BCUT2D eigenvalue weighted by atomic mass is 10.1. The molecule has 0 aromatic rings. The average molecular weight is 228 g/mol. The number of aliphatic carboxylic acids is 1. The summed E-state index contributed by atoms with van der Waals surface area (Å²) in [4.78, 5) is 10.2. The zero-order chi connectivity index (χ0) is 12.2. The van der Waals surface area contributed by atoms with E-state index in [2.05, 4.69) is 0 Å². The molecule has 0 aliphatic heterocycles. The first-order valence-corrected chi connectivity index (χ1v) is 6.24. The summed E-state index contributed by atoms with van der Waals surface area (Å²) in [7, 11) is 0. The summed E-state index contributed by atoms with van der Waals surface area (Å²) in [5.74, 6) is -0.867. The van der Waals surface area contributed by atoms with E-state index >= 15 is 0 Å². The molecule has 94 valence electrons. The lowest BCUT2D eigenvalue weighted by Crippen LogP contribution is -2.03. The Kier molecular flexibility index (Phi) is 10.1. The number of aliphatic hydroxyl groups is 1. The Morgan fingerprint density at radius 1 is 1.19 bits per heavy atom. The predicted molar refractivity (Wildman–Crippen MR) is 65.4 cm³/mol.